The van der Waals surface area contributed by atoms with Gasteiger partial charge >= 0.3 is 0 Å². The molecule has 1 aromatic rings. The van der Waals surface area contributed by atoms with Crippen molar-refractivity contribution in [3.05, 3.63) is 29.8 Å². The van der Waals surface area contributed by atoms with Crippen LogP contribution in [0, 0.1) is 12.8 Å². The molecule has 1 aromatic carbocycles. The summed E-state index contributed by atoms with van der Waals surface area (Å²) in [5.41, 5.74) is 2.05. The Balaban J connectivity index is 1.69. The molecule has 0 spiro atoms. The van der Waals surface area contributed by atoms with Gasteiger partial charge in [0.05, 0.1) is 5.92 Å². The van der Waals surface area contributed by atoms with Gasteiger partial charge in [-0.3, -0.25) is 9.59 Å². The van der Waals surface area contributed by atoms with Gasteiger partial charge in [-0.15, -0.1) is 0 Å². The maximum atomic E-state index is 12.7. The predicted octanol–water partition coefficient (Wildman–Crippen LogP) is 2.75. The largest absolute Gasteiger partial charge is 0.342 e. The first-order valence-electron chi connectivity index (χ1n) is 8.31. The van der Waals surface area contributed by atoms with E-state index < -0.39 is 0 Å². The summed E-state index contributed by atoms with van der Waals surface area (Å²) in [7, 11) is 0. The highest BCUT2D eigenvalue weighted by molar-refractivity contribution is 6.00. The van der Waals surface area contributed by atoms with Gasteiger partial charge < -0.3 is 9.80 Å². The average Bonchev–Trinajstić information content (AvgIpc) is 2.73. The number of rotatable bonds is 2. The summed E-state index contributed by atoms with van der Waals surface area (Å²) in [6.07, 6.45) is 4.96. The monoisotopic (exact) mass is 300 g/mol. The van der Waals surface area contributed by atoms with Crippen LogP contribution in [0.3, 0.4) is 0 Å². The van der Waals surface area contributed by atoms with Gasteiger partial charge in [-0.1, -0.05) is 25.0 Å². The second-order valence-corrected chi connectivity index (χ2v) is 6.48. The van der Waals surface area contributed by atoms with Crippen molar-refractivity contribution in [1.82, 2.24) is 4.90 Å². The van der Waals surface area contributed by atoms with E-state index in [1.54, 1.807) is 4.90 Å². The predicted molar refractivity (Wildman–Crippen MR) is 86.7 cm³/mol. The molecule has 1 unspecified atom stereocenters. The quantitative estimate of drug-likeness (QED) is 0.842. The highest BCUT2D eigenvalue weighted by atomic mass is 16.2. The van der Waals surface area contributed by atoms with Crippen LogP contribution in [0.5, 0.6) is 0 Å². The SMILES string of the molecule is Cc1cccc(N2CC(C(=O)N3CCCCCC3)CC2=O)c1. The molecule has 0 radical (unpaired) electrons. The van der Waals surface area contributed by atoms with Gasteiger partial charge in [0, 0.05) is 31.7 Å². The van der Waals surface area contributed by atoms with Crippen LogP contribution >= 0.6 is 0 Å². The summed E-state index contributed by atoms with van der Waals surface area (Å²) in [5, 5.41) is 0. The number of benzene rings is 1. The summed E-state index contributed by atoms with van der Waals surface area (Å²) >= 11 is 0. The van der Waals surface area contributed by atoms with E-state index in [4.69, 9.17) is 0 Å². The van der Waals surface area contributed by atoms with Crippen molar-refractivity contribution < 1.29 is 9.59 Å². The second kappa shape index (κ2) is 6.51. The average molecular weight is 300 g/mol. The van der Waals surface area contributed by atoms with Gasteiger partial charge in [-0.2, -0.15) is 0 Å². The molecule has 3 rings (SSSR count). The zero-order valence-corrected chi connectivity index (χ0v) is 13.3. The third kappa shape index (κ3) is 3.16. The van der Waals surface area contributed by atoms with E-state index in [0.29, 0.717) is 13.0 Å². The Morgan fingerprint density at radius 1 is 1.14 bits per heavy atom. The Labute approximate surface area is 132 Å². The summed E-state index contributed by atoms with van der Waals surface area (Å²) in [6.45, 7) is 4.25. The Morgan fingerprint density at radius 3 is 2.55 bits per heavy atom. The van der Waals surface area contributed by atoms with Crippen molar-refractivity contribution in [1.29, 1.82) is 0 Å². The van der Waals surface area contributed by atoms with Gasteiger partial charge in [-0.25, -0.2) is 0 Å². The van der Waals surface area contributed by atoms with Gasteiger partial charge in [0.2, 0.25) is 11.8 Å². The van der Waals surface area contributed by atoms with E-state index in [-0.39, 0.29) is 17.7 Å². The lowest BCUT2D eigenvalue weighted by Gasteiger charge is -2.24. The number of hydrogen-bond acceptors (Lipinski definition) is 2. The minimum Gasteiger partial charge on any atom is -0.342 e. The number of amides is 2. The summed E-state index contributed by atoms with van der Waals surface area (Å²) < 4.78 is 0. The van der Waals surface area contributed by atoms with Crippen LogP contribution in [0.2, 0.25) is 0 Å². The normalized spacial score (nSPS) is 22.8. The third-order valence-electron chi connectivity index (χ3n) is 4.71. The summed E-state index contributed by atoms with van der Waals surface area (Å²) in [6, 6.07) is 7.94. The molecule has 2 fully saturated rings. The molecule has 0 N–H and O–H groups in total. The summed E-state index contributed by atoms with van der Waals surface area (Å²) in [4.78, 5) is 28.7. The van der Waals surface area contributed by atoms with Crippen molar-refractivity contribution in [3.63, 3.8) is 0 Å². The molecule has 118 valence electrons. The number of carbonyl (C=O) groups is 2. The number of likely N-dealkylation sites (tertiary alicyclic amines) is 1. The molecule has 0 bridgehead atoms. The molecule has 4 heteroatoms. The maximum absolute atomic E-state index is 12.7. The van der Waals surface area contributed by atoms with E-state index in [1.165, 1.54) is 12.8 Å². The molecule has 0 saturated carbocycles. The van der Waals surface area contributed by atoms with Crippen LogP contribution in [0.25, 0.3) is 0 Å². The third-order valence-corrected chi connectivity index (χ3v) is 4.71. The molecule has 0 aromatic heterocycles. The molecule has 2 amide bonds. The molecule has 2 saturated heterocycles. The van der Waals surface area contributed by atoms with Crippen molar-refractivity contribution in [2.45, 2.75) is 39.0 Å². The highest BCUT2D eigenvalue weighted by Crippen LogP contribution is 2.27. The molecule has 0 aliphatic carbocycles. The minimum absolute atomic E-state index is 0.0683. The lowest BCUT2D eigenvalue weighted by molar-refractivity contribution is -0.135. The van der Waals surface area contributed by atoms with Crippen LogP contribution in [0.15, 0.2) is 24.3 Å². The first-order chi connectivity index (χ1) is 10.6. The van der Waals surface area contributed by atoms with Gasteiger partial charge in [0.15, 0.2) is 0 Å². The Hall–Kier alpha value is -1.84. The number of hydrogen-bond donors (Lipinski definition) is 0. The van der Waals surface area contributed by atoms with E-state index in [0.717, 1.165) is 37.2 Å². The minimum atomic E-state index is -0.175. The summed E-state index contributed by atoms with van der Waals surface area (Å²) in [5.74, 6) is 0.0651. The maximum Gasteiger partial charge on any atom is 0.228 e. The number of carbonyl (C=O) groups excluding carboxylic acids is 2. The zero-order chi connectivity index (χ0) is 15.5. The van der Waals surface area contributed by atoms with Crippen LogP contribution in [0.1, 0.15) is 37.7 Å². The van der Waals surface area contributed by atoms with Crippen molar-refractivity contribution in [2.75, 3.05) is 24.5 Å². The smallest absolute Gasteiger partial charge is 0.228 e. The van der Waals surface area contributed by atoms with E-state index >= 15 is 0 Å². The van der Waals surface area contributed by atoms with Crippen molar-refractivity contribution in [2.24, 2.45) is 5.92 Å². The van der Waals surface area contributed by atoms with E-state index in [1.807, 2.05) is 36.1 Å². The van der Waals surface area contributed by atoms with Crippen LogP contribution in [0.4, 0.5) is 5.69 Å². The number of aryl methyl sites for hydroxylation is 1. The first-order valence-corrected chi connectivity index (χ1v) is 8.31. The molecule has 2 heterocycles. The zero-order valence-electron chi connectivity index (χ0n) is 13.3. The second-order valence-electron chi connectivity index (χ2n) is 6.48. The first kappa shape index (κ1) is 15.1. The standard InChI is InChI=1S/C18H24N2O2/c1-14-7-6-8-16(11-14)20-13-15(12-17(20)21)18(22)19-9-4-2-3-5-10-19/h6-8,11,15H,2-5,9-10,12-13H2,1H3. The van der Waals surface area contributed by atoms with E-state index in [9.17, 15) is 9.59 Å². The van der Waals surface area contributed by atoms with Crippen molar-refractivity contribution >= 4 is 17.5 Å². The molecule has 22 heavy (non-hydrogen) atoms. The van der Waals surface area contributed by atoms with Crippen LogP contribution in [-0.2, 0) is 9.59 Å². The topological polar surface area (TPSA) is 40.6 Å². The molecule has 2 aliphatic heterocycles. The molecule has 2 aliphatic rings. The fourth-order valence-electron chi connectivity index (χ4n) is 3.47. The van der Waals surface area contributed by atoms with Crippen molar-refractivity contribution in [3.8, 4) is 0 Å². The lowest BCUT2D eigenvalue weighted by Crippen LogP contribution is -2.38. The number of anilines is 1. The van der Waals surface area contributed by atoms with Gasteiger partial charge in [0.25, 0.3) is 0 Å². The van der Waals surface area contributed by atoms with Gasteiger partial charge in [0.1, 0.15) is 0 Å². The molecule has 4 nitrogen and oxygen atoms in total. The lowest BCUT2D eigenvalue weighted by atomic mass is 10.1. The fourth-order valence-corrected chi connectivity index (χ4v) is 3.47. The Kier molecular flexibility index (Phi) is 4.46. The number of nitrogens with zero attached hydrogens (tertiary/aromatic N) is 2. The molecule has 1 atom stereocenters. The van der Waals surface area contributed by atoms with Gasteiger partial charge in [-0.05, 0) is 37.5 Å². The fraction of sp³-hybridized carbons (Fsp3) is 0.556. The van der Waals surface area contributed by atoms with E-state index in [2.05, 4.69) is 0 Å². The Bertz CT molecular complexity index is 562. The van der Waals surface area contributed by atoms with Crippen LogP contribution < -0.4 is 4.90 Å². The Morgan fingerprint density at radius 2 is 1.86 bits per heavy atom. The highest BCUT2D eigenvalue weighted by Gasteiger charge is 2.37. The van der Waals surface area contributed by atoms with Crippen LogP contribution in [-0.4, -0.2) is 36.3 Å². The molecular weight excluding hydrogens is 276 g/mol. The molecular formula is C18H24N2O2.